The molecule has 0 saturated heterocycles. The number of fused-ring (bicyclic) bond motifs is 1. The first-order valence-corrected chi connectivity index (χ1v) is 12.4. The number of aromatic amines is 1. The number of carbonyl (C=O) groups is 1. The maximum Gasteiger partial charge on any atom is 0.522 e. The van der Waals surface area contributed by atoms with Gasteiger partial charge in [-0.3, -0.25) is 14.2 Å². The number of imidazole rings is 1. The number of aromatic nitrogens is 5. The Kier molecular flexibility index (Phi) is 6.12. The third-order valence-corrected chi connectivity index (χ3v) is 7.58. The number of alkyl carbamates (subject to hydrolysis) is 1. The minimum atomic E-state index is -4.96. The van der Waals surface area contributed by atoms with Crippen LogP contribution in [0.2, 0.25) is 0 Å². The van der Waals surface area contributed by atoms with Crippen molar-refractivity contribution < 1.29 is 45.0 Å². The van der Waals surface area contributed by atoms with Crippen molar-refractivity contribution in [2.24, 2.45) is 5.92 Å². The van der Waals surface area contributed by atoms with Gasteiger partial charge in [-0.2, -0.15) is 18.3 Å². The van der Waals surface area contributed by atoms with Crippen molar-refractivity contribution in [3.05, 3.63) is 35.4 Å². The zero-order chi connectivity index (χ0) is 28.4. The molecule has 17 heteroatoms. The van der Waals surface area contributed by atoms with Crippen molar-refractivity contribution in [2.45, 2.75) is 75.0 Å². The number of nitrogens with one attached hydrogen (secondary N) is 3. The molecule has 0 unspecified atom stereocenters. The van der Waals surface area contributed by atoms with Gasteiger partial charge in [-0.1, -0.05) is 0 Å². The van der Waals surface area contributed by atoms with Crippen LogP contribution in [0.15, 0.2) is 18.3 Å². The van der Waals surface area contributed by atoms with Crippen LogP contribution in [0, 0.1) is 5.92 Å². The average Bonchev–Trinajstić information content (AvgIpc) is 3.52. The topological polar surface area (TPSA) is 118 Å². The number of hydrogen-bond acceptors (Lipinski definition) is 7. The number of carbonyl (C=O) groups excluding carboxylic acids is 1. The Hall–Kier alpha value is -3.63. The van der Waals surface area contributed by atoms with Gasteiger partial charge < -0.3 is 15.4 Å². The van der Waals surface area contributed by atoms with Crippen LogP contribution >= 0.6 is 0 Å². The number of nitrogens with zero attached hydrogens (tertiary/aromatic N) is 4. The van der Waals surface area contributed by atoms with E-state index in [0.717, 1.165) is 29.9 Å². The predicted molar refractivity (Wildman–Crippen MR) is 121 cm³/mol. The second-order valence-electron chi connectivity index (χ2n) is 10.4. The number of H-pyrrole nitrogens is 1. The molecule has 7 rings (SSSR count). The molecule has 4 saturated carbocycles. The fourth-order valence-corrected chi connectivity index (χ4v) is 5.59. The average molecular weight is 577 g/mol. The molecule has 3 aromatic rings. The van der Waals surface area contributed by atoms with Crippen LogP contribution in [0.4, 0.5) is 47.3 Å². The summed E-state index contributed by atoms with van der Waals surface area (Å²) >= 11 is 0. The third kappa shape index (κ3) is 5.13. The van der Waals surface area contributed by atoms with Crippen LogP contribution in [0.25, 0.3) is 5.65 Å². The summed E-state index contributed by atoms with van der Waals surface area (Å²) in [5, 5.41) is 12.0. The number of amides is 1. The van der Waals surface area contributed by atoms with Crippen LogP contribution in [0.3, 0.4) is 0 Å². The first-order chi connectivity index (χ1) is 18.8. The van der Waals surface area contributed by atoms with E-state index in [0.29, 0.717) is 24.1 Å². The van der Waals surface area contributed by atoms with E-state index >= 15 is 4.39 Å². The van der Waals surface area contributed by atoms with Gasteiger partial charge in [0.1, 0.15) is 17.9 Å². The Labute approximate surface area is 220 Å². The van der Waals surface area contributed by atoms with Gasteiger partial charge in [0, 0.05) is 35.5 Å². The number of halogens is 7. The van der Waals surface area contributed by atoms with E-state index < -0.39 is 55.1 Å². The number of rotatable bonds is 7. The van der Waals surface area contributed by atoms with Crippen molar-refractivity contribution in [1.82, 2.24) is 29.9 Å². The molecule has 2 bridgehead atoms. The van der Waals surface area contributed by atoms with E-state index in [1.807, 2.05) is 0 Å². The zero-order valence-corrected chi connectivity index (χ0v) is 20.4. The minimum absolute atomic E-state index is 0.0251. The summed E-state index contributed by atoms with van der Waals surface area (Å²) in [5.74, 6) is -0.537. The Morgan fingerprint density at radius 1 is 1.12 bits per heavy atom. The van der Waals surface area contributed by atoms with Gasteiger partial charge in [0.25, 0.3) is 0 Å². The zero-order valence-electron chi connectivity index (χ0n) is 20.4. The lowest BCUT2D eigenvalue weighted by Gasteiger charge is -2.61. The molecule has 4 aliphatic rings. The summed E-state index contributed by atoms with van der Waals surface area (Å²) in [6.45, 7) is -1.03. The highest BCUT2D eigenvalue weighted by Gasteiger charge is 2.58. The molecule has 4 fully saturated rings. The molecule has 3 heterocycles. The van der Waals surface area contributed by atoms with E-state index in [1.165, 1.54) is 6.07 Å². The molecule has 0 aliphatic heterocycles. The van der Waals surface area contributed by atoms with Crippen molar-refractivity contribution in [3.63, 3.8) is 0 Å². The van der Waals surface area contributed by atoms with Crippen molar-refractivity contribution in [1.29, 1.82) is 0 Å². The summed E-state index contributed by atoms with van der Waals surface area (Å²) in [4.78, 5) is 19.5. The number of ether oxygens (including phenoxy) is 2. The standard InChI is InChI=1S/C23H22F7N7O3/c24-18-12(1-2-14(18)40-20(38)34-21-5-10(6-21)7-21)13-3-16(36-35-13)33-19-32-15(22(25,26)27)4-17-31-11(8-37(17)19)9-39-23(28,29)30/h3-4,8,10,12,14,18H,1-2,5-7,9H2,(H,34,38)(H2,32,33,35,36)/t10?,12-,14-,18+,21?/m0/s1. The number of alkyl halides is 7. The molecule has 10 nitrogen and oxygen atoms in total. The lowest BCUT2D eigenvalue weighted by Crippen LogP contribution is -2.68. The molecule has 0 spiro atoms. The second-order valence-corrected chi connectivity index (χ2v) is 10.4. The maximum absolute atomic E-state index is 15.2. The molecule has 3 aromatic heterocycles. The summed E-state index contributed by atoms with van der Waals surface area (Å²) < 4.78 is 103. The third-order valence-electron chi connectivity index (χ3n) is 7.58. The fourth-order valence-electron chi connectivity index (χ4n) is 5.59. The summed E-state index contributed by atoms with van der Waals surface area (Å²) in [6.07, 6.45) is -8.65. The molecule has 216 valence electrons. The summed E-state index contributed by atoms with van der Waals surface area (Å²) in [7, 11) is 0. The number of hydrogen-bond donors (Lipinski definition) is 3. The van der Waals surface area contributed by atoms with Crippen LogP contribution in [-0.4, -0.2) is 54.8 Å². The van der Waals surface area contributed by atoms with Crippen LogP contribution in [0.1, 0.15) is 55.1 Å². The van der Waals surface area contributed by atoms with Crippen molar-refractivity contribution >= 4 is 23.5 Å². The van der Waals surface area contributed by atoms with Gasteiger partial charge >= 0.3 is 18.6 Å². The van der Waals surface area contributed by atoms with Gasteiger partial charge in [-0.15, -0.1) is 13.2 Å². The lowest BCUT2D eigenvalue weighted by molar-refractivity contribution is -0.330. The van der Waals surface area contributed by atoms with Gasteiger partial charge in [0.2, 0.25) is 5.95 Å². The van der Waals surface area contributed by atoms with Crippen LogP contribution in [0.5, 0.6) is 0 Å². The van der Waals surface area contributed by atoms with Gasteiger partial charge in [0.05, 0.1) is 12.3 Å². The Balaban J connectivity index is 1.16. The lowest BCUT2D eigenvalue weighted by atomic mass is 9.50. The number of anilines is 2. The Bertz CT molecular complexity index is 1420. The smallest absolute Gasteiger partial charge is 0.443 e. The highest BCUT2D eigenvalue weighted by atomic mass is 19.4. The van der Waals surface area contributed by atoms with Crippen molar-refractivity contribution in [3.8, 4) is 0 Å². The Morgan fingerprint density at radius 3 is 2.52 bits per heavy atom. The van der Waals surface area contributed by atoms with E-state index in [1.54, 1.807) is 0 Å². The van der Waals surface area contributed by atoms with E-state index in [-0.39, 0.29) is 29.1 Å². The van der Waals surface area contributed by atoms with Gasteiger partial charge in [-0.05, 0) is 38.0 Å². The highest BCUT2D eigenvalue weighted by Crippen LogP contribution is 2.57. The molecule has 3 N–H and O–H groups in total. The molecule has 0 aromatic carbocycles. The molecular weight excluding hydrogens is 555 g/mol. The molecular formula is C23H22F7N7O3. The molecule has 4 aliphatic carbocycles. The normalized spacial score (nSPS) is 27.8. The summed E-state index contributed by atoms with van der Waals surface area (Å²) in [5.41, 5.74) is -1.87. The molecule has 1 amide bonds. The van der Waals surface area contributed by atoms with Crippen LogP contribution < -0.4 is 10.6 Å². The molecule has 40 heavy (non-hydrogen) atoms. The Morgan fingerprint density at radius 2 is 1.88 bits per heavy atom. The maximum atomic E-state index is 15.2. The summed E-state index contributed by atoms with van der Waals surface area (Å²) in [6, 6.07) is 1.95. The predicted octanol–water partition coefficient (Wildman–Crippen LogP) is 5.11. The highest BCUT2D eigenvalue weighted by molar-refractivity contribution is 5.69. The molecule has 0 radical (unpaired) electrons. The monoisotopic (exact) mass is 577 g/mol. The van der Waals surface area contributed by atoms with Crippen molar-refractivity contribution in [2.75, 3.05) is 5.32 Å². The second kappa shape index (κ2) is 9.21. The van der Waals surface area contributed by atoms with Gasteiger partial charge in [-0.25, -0.2) is 19.2 Å². The van der Waals surface area contributed by atoms with Crippen LogP contribution in [-0.2, 0) is 22.3 Å². The molecule has 3 atom stereocenters. The first-order valence-electron chi connectivity index (χ1n) is 12.4. The quantitative estimate of drug-likeness (QED) is 0.334. The van der Waals surface area contributed by atoms with E-state index in [2.05, 4.69) is 35.5 Å². The van der Waals surface area contributed by atoms with E-state index in [4.69, 9.17) is 4.74 Å². The first kappa shape index (κ1) is 26.6. The fraction of sp³-hybridized carbons (Fsp3) is 0.565. The van der Waals surface area contributed by atoms with E-state index in [9.17, 15) is 31.1 Å². The largest absolute Gasteiger partial charge is 0.522 e. The minimum Gasteiger partial charge on any atom is -0.443 e. The van der Waals surface area contributed by atoms with Gasteiger partial charge in [0.15, 0.2) is 11.5 Å². The SMILES string of the molecule is O=C(NC12CC(C1)C2)O[C@H]1CC[C@@H](c2cc(Nc3nc(C(F)(F)F)cc4nc(COC(F)(F)F)cn34)n[nH]2)[C@H]1F.